The van der Waals surface area contributed by atoms with Crippen LogP contribution in [-0.2, 0) is 6.54 Å². The summed E-state index contributed by atoms with van der Waals surface area (Å²) < 4.78 is 0. The van der Waals surface area contributed by atoms with Crippen molar-refractivity contribution in [1.29, 1.82) is 0 Å². The van der Waals surface area contributed by atoms with Crippen LogP contribution in [0.25, 0.3) is 11.2 Å². The van der Waals surface area contributed by atoms with E-state index < -0.39 is 0 Å². The molecule has 0 fully saturated rings. The van der Waals surface area contributed by atoms with Crippen molar-refractivity contribution in [3.05, 3.63) is 47.9 Å². The zero-order chi connectivity index (χ0) is 13.2. The zero-order valence-electron chi connectivity index (χ0n) is 10.5. The van der Waals surface area contributed by atoms with E-state index in [0.29, 0.717) is 6.54 Å². The van der Waals surface area contributed by atoms with Crippen molar-refractivity contribution in [2.45, 2.75) is 13.5 Å². The first kappa shape index (κ1) is 11.5. The molecule has 0 amide bonds. The van der Waals surface area contributed by atoms with Gasteiger partial charge in [0, 0.05) is 11.4 Å². The van der Waals surface area contributed by atoms with Crippen LogP contribution < -0.4 is 5.32 Å². The van der Waals surface area contributed by atoms with Crippen LogP contribution in [0.2, 0.25) is 0 Å². The second-order valence-electron chi connectivity index (χ2n) is 4.41. The Bertz CT molecular complexity index is 703. The molecule has 0 atom stereocenters. The number of phenols is 1. The second kappa shape index (κ2) is 4.61. The van der Waals surface area contributed by atoms with Crippen LogP contribution in [0.4, 0.5) is 5.69 Å². The molecule has 3 N–H and O–H groups in total. The summed E-state index contributed by atoms with van der Waals surface area (Å²) in [6.45, 7) is 2.53. The third-order valence-corrected chi connectivity index (χ3v) is 2.86. The van der Waals surface area contributed by atoms with Gasteiger partial charge in [0.05, 0.1) is 12.1 Å². The fraction of sp³-hybridized carbons (Fsp3) is 0.143. The van der Waals surface area contributed by atoms with Crippen molar-refractivity contribution in [2.75, 3.05) is 5.32 Å². The molecule has 0 spiro atoms. The third-order valence-electron chi connectivity index (χ3n) is 2.86. The molecule has 3 rings (SSSR count). The smallest absolute Gasteiger partial charge is 0.178 e. The van der Waals surface area contributed by atoms with Crippen LogP contribution >= 0.6 is 0 Å². The first-order valence-corrected chi connectivity index (χ1v) is 6.06. The van der Waals surface area contributed by atoms with Crippen molar-refractivity contribution in [3.8, 4) is 5.75 Å². The van der Waals surface area contributed by atoms with Gasteiger partial charge >= 0.3 is 0 Å². The fourth-order valence-corrected chi connectivity index (χ4v) is 1.89. The highest BCUT2D eigenvalue weighted by Gasteiger charge is 2.03. The number of anilines is 1. The number of imidazole rings is 1. The van der Waals surface area contributed by atoms with Gasteiger partial charge in [0.15, 0.2) is 5.65 Å². The van der Waals surface area contributed by atoms with Crippen LogP contribution in [-0.4, -0.2) is 20.1 Å². The highest BCUT2D eigenvalue weighted by atomic mass is 16.3. The zero-order valence-corrected chi connectivity index (χ0v) is 10.5. The Labute approximate surface area is 110 Å². The average molecular weight is 254 g/mol. The van der Waals surface area contributed by atoms with Crippen LogP contribution in [0.5, 0.6) is 5.75 Å². The van der Waals surface area contributed by atoms with Gasteiger partial charge in [-0.2, -0.15) is 0 Å². The lowest BCUT2D eigenvalue weighted by molar-refractivity contribution is 0.475. The summed E-state index contributed by atoms with van der Waals surface area (Å²) in [5.41, 5.74) is 3.56. The minimum Gasteiger partial charge on any atom is -0.508 e. The van der Waals surface area contributed by atoms with Crippen molar-refractivity contribution in [2.24, 2.45) is 0 Å². The lowest BCUT2D eigenvalue weighted by atomic mass is 10.3. The molecule has 2 aromatic heterocycles. The SMILES string of the molecule is Cc1ccc2[nH]c(CNc3ccc(O)cc3)nc2n1. The Morgan fingerprint density at radius 3 is 2.68 bits per heavy atom. The Morgan fingerprint density at radius 1 is 1.11 bits per heavy atom. The summed E-state index contributed by atoms with van der Waals surface area (Å²) in [5, 5.41) is 12.4. The number of pyridine rings is 1. The van der Waals surface area contributed by atoms with Gasteiger partial charge < -0.3 is 15.4 Å². The van der Waals surface area contributed by atoms with Crippen LogP contribution in [0, 0.1) is 6.92 Å². The van der Waals surface area contributed by atoms with Crippen LogP contribution in [0.15, 0.2) is 36.4 Å². The van der Waals surface area contributed by atoms with Gasteiger partial charge in [0.1, 0.15) is 11.6 Å². The maximum Gasteiger partial charge on any atom is 0.178 e. The molecule has 0 saturated carbocycles. The number of rotatable bonds is 3. The number of fused-ring (bicyclic) bond motifs is 1. The van der Waals surface area contributed by atoms with Crippen LogP contribution in [0.3, 0.4) is 0 Å². The van der Waals surface area contributed by atoms with Gasteiger partial charge in [-0.05, 0) is 43.3 Å². The minimum atomic E-state index is 0.258. The standard InChI is InChI=1S/C14H14N4O/c1-9-2-7-12-14(16-9)18-13(17-12)8-15-10-3-5-11(19)6-4-10/h2-7,15,19H,8H2,1H3,(H,16,17,18). The van der Waals surface area contributed by atoms with E-state index in [-0.39, 0.29) is 5.75 Å². The number of aryl methyl sites for hydroxylation is 1. The third kappa shape index (κ3) is 2.49. The van der Waals surface area contributed by atoms with E-state index in [1.165, 1.54) is 0 Å². The Hall–Kier alpha value is -2.56. The first-order chi connectivity index (χ1) is 9.20. The van der Waals surface area contributed by atoms with Gasteiger partial charge in [-0.15, -0.1) is 0 Å². The summed E-state index contributed by atoms with van der Waals surface area (Å²) in [6, 6.07) is 10.9. The summed E-state index contributed by atoms with van der Waals surface area (Å²) >= 11 is 0. The molecule has 96 valence electrons. The molecule has 5 heteroatoms. The summed E-state index contributed by atoms with van der Waals surface area (Å²) in [4.78, 5) is 12.0. The number of hydrogen-bond donors (Lipinski definition) is 3. The molecule has 2 heterocycles. The summed E-state index contributed by atoms with van der Waals surface area (Å²) in [6.07, 6.45) is 0. The quantitative estimate of drug-likeness (QED) is 0.628. The van der Waals surface area contributed by atoms with Crippen molar-refractivity contribution >= 4 is 16.9 Å². The van der Waals surface area contributed by atoms with Crippen molar-refractivity contribution in [1.82, 2.24) is 15.0 Å². The van der Waals surface area contributed by atoms with E-state index in [4.69, 9.17) is 0 Å². The van der Waals surface area contributed by atoms with E-state index in [2.05, 4.69) is 20.3 Å². The fourth-order valence-electron chi connectivity index (χ4n) is 1.89. The Morgan fingerprint density at radius 2 is 1.89 bits per heavy atom. The van der Waals surface area contributed by atoms with E-state index in [0.717, 1.165) is 28.4 Å². The van der Waals surface area contributed by atoms with Gasteiger partial charge in [-0.1, -0.05) is 0 Å². The lowest BCUT2D eigenvalue weighted by Gasteiger charge is -2.03. The molecule has 0 unspecified atom stereocenters. The highest BCUT2D eigenvalue weighted by molar-refractivity contribution is 5.70. The number of phenolic OH excluding ortho intramolecular Hbond substituents is 1. The topological polar surface area (TPSA) is 73.8 Å². The maximum absolute atomic E-state index is 9.21. The molecule has 5 nitrogen and oxygen atoms in total. The molecular weight excluding hydrogens is 240 g/mol. The van der Waals surface area contributed by atoms with E-state index in [1.807, 2.05) is 31.2 Å². The molecule has 0 radical (unpaired) electrons. The number of hydrogen-bond acceptors (Lipinski definition) is 4. The molecule has 0 aliphatic carbocycles. The van der Waals surface area contributed by atoms with Gasteiger partial charge in [0.25, 0.3) is 0 Å². The number of aromatic hydroxyl groups is 1. The number of aromatic nitrogens is 3. The lowest BCUT2D eigenvalue weighted by Crippen LogP contribution is -2.00. The van der Waals surface area contributed by atoms with Crippen molar-refractivity contribution < 1.29 is 5.11 Å². The van der Waals surface area contributed by atoms with Gasteiger partial charge in [-0.25, -0.2) is 9.97 Å². The van der Waals surface area contributed by atoms with Crippen molar-refractivity contribution in [3.63, 3.8) is 0 Å². The molecule has 0 aliphatic heterocycles. The minimum absolute atomic E-state index is 0.258. The largest absolute Gasteiger partial charge is 0.508 e. The first-order valence-electron chi connectivity index (χ1n) is 6.06. The average Bonchev–Trinajstić information content (AvgIpc) is 2.80. The number of benzene rings is 1. The normalized spacial score (nSPS) is 10.8. The van der Waals surface area contributed by atoms with E-state index in [9.17, 15) is 5.11 Å². The van der Waals surface area contributed by atoms with E-state index >= 15 is 0 Å². The van der Waals surface area contributed by atoms with E-state index in [1.54, 1.807) is 12.1 Å². The summed E-state index contributed by atoms with van der Waals surface area (Å²) in [7, 11) is 0. The molecule has 0 saturated heterocycles. The maximum atomic E-state index is 9.21. The van der Waals surface area contributed by atoms with Gasteiger partial charge in [0.2, 0.25) is 0 Å². The monoisotopic (exact) mass is 254 g/mol. The molecule has 1 aromatic carbocycles. The van der Waals surface area contributed by atoms with Crippen LogP contribution in [0.1, 0.15) is 11.5 Å². The number of nitrogens with one attached hydrogen (secondary N) is 2. The number of aromatic amines is 1. The Balaban J connectivity index is 1.76. The molecule has 3 aromatic rings. The van der Waals surface area contributed by atoms with Gasteiger partial charge in [-0.3, -0.25) is 0 Å². The molecule has 0 bridgehead atoms. The predicted octanol–water partition coefficient (Wildman–Crippen LogP) is 2.58. The molecular formula is C14H14N4O. The second-order valence-corrected chi connectivity index (χ2v) is 4.41. The molecule has 19 heavy (non-hydrogen) atoms. The number of nitrogens with zero attached hydrogens (tertiary/aromatic N) is 2. The number of H-pyrrole nitrogens is 1. The highest BCUT2D eigenvalue weighted by Crippen LogP contribution is 2.15. The molecule has 0 aliphatic rings. The summed E-state index contributed by atoms with van der Waals surface area (Å²) in [5.74, 6) is 1.09. The Kier molecular flexibility index (Phi) is 2.79. The predicted molar refractivity (Wildman–Crippen MR) is 74.1 cm³/mol.